The molecule has 0 bridgehead atoms. The fourth-order valence-corrected chi connectivity index (χ4v) is 3.00. The number of quaternary nitrogens is 1. The number of hydrogen-bond donors (Lipinski definition) is 3. The van der Waals surface area contributed by atoms with Gasteiger partial charge in [0.25, 0.3) is 0 Å². The Morgan fingerprint density at radius 3 is 2.21 bits per heavy atom. The molecule has 0 saturated heterocycles. The van der Waals surface area contributed by atoms with E-state index in [-0.39, 0.29) is 6.04 Å². The first-order chi connectivity index (χ1) is 13.2. The molecule has 2 amide bonds. The van der Waals surface area contributed by atoms with Crippen LogP contribution < -0.4 is 20.4 Å². The van der Waals surface area contributed by atoms with Crippen LogP contribution in [0.25, 0.3) is 0 Å². The fraction of sp³-hybridized carbons (Fsp3) is 0.364. The number of benzene rings is 2. The summed E-state index contributed by atoms with van der Waals surface area (Å²) in [5.41, 5.74) is 4.92. The molecule has 150 valence electrons. The number of nitrogens with zero attached hydrogens (tertiary/aromatic N) is 1. The molecule has 0 fully saturated rings. The molecule has 0 spiro atoms. The van der Waals surface area contributed by atoms with Crippen LogP contribution in [0.3, 0.4) is 0 Å². The second-order valence-electron chi connectivity index (χ2n) is 7.53. The van der Waals surface area contributed by atoms with E-state index in [1.54, 1.807) is 6.07 Å². The molecule has 0 unspecified atom stereocenters. The first-order valence-electron chi connectivity index (χ1n) is 9.43. The van der Waals surface area contributed by atoms with E-state index in [9.17, 15) is 9.59 Å². The minimum atomic E-state index is -0.649. The highest BCUT2D eigenvalue weighted by molar-refractivity contribution is 6.39. The van der Waals surface area contributed by atoms with Crippen LogP contribution in [0.5, 0.6) is 0 Å². The molecule has 0 heterocycles. The zero-order valence-corrected chi connectivity index (χ0v) is 17.6. The van der Waals surface area contributed by atoms with Gasteiger partial charge in [-0.15, -0.1) is 0 Å². The highest BCUT2D eigenvalue weighted by Crippen LogP contribution is 2.18. The van der Waals surface area contributed by atoms with E-state index < -0.39 is 11.8 Å². The van der Waals surface area contributed by atoms with Crippen molar-refractivity contribution in [1.29, 1.82) is 0 Å². The van der Waals surface area contributed by atoms with Crippen molar-refractivity contribution in [3.63, 3.8) is 0 Å². The van der Waals surface area contributed by atoms with E-state index in [4.69, 9.17) is 0 Å². The maximum absolute atomic E-state index is 12.3. The van der Waals surface area contributed by atoms with Crippen LogP contribution in [0.1, 0.15) is 22.7 Å². The molecule has 0 aliphatic carbocycles. The van der Waals surface area contributed by atoms with Gasteiger partial charge in [-0.3, -0.25) is 9.59 Å². The molecule has 0 aliphatic heterocycles. The molecule has 28 heavy (non-hydrogen) atoms. The van der Waals surface area contributed by atoms with Gasteiger partial charge >= 0.3 is 11.8 Å². The Hall–Kier alpha value is -2.86. The van der Waals surface area contributed by atoms with Crippen molar-refractivity contribution in [2.24, 2.45) is 0 Å². The van der Waals surface area contributed by atoms with Crippen molar-refractivity contribution in [2.75, 3.05) is 45.0 Å². The van der Waals surface area contributed by atoms with Crippen LogP contribution in [0.4, 0.5) is 11.4 Å². The van der Waals surface area contributed by atoms with Crippen molar-refractivity contribution < 1.29 is 14.5 Å². The summed E-state index contributed by atoms with van der Waals surface area (Å²) in [6.45, 7) is 4.27. The van der Waals surface area contributed by atoms with Gasteiger partial charge in [-0.25, -0.2) is 0 Å². The molecule has 1 atom stereocenters. The number of rotatable bonds is 6. The summed E-state index contributed by atoms with van der Waals surface area (Å²) in [6, 6.07) is 13.9. The molecule has 0 aromatic heterocycles. The third-order valence-electron chi connectivity index (χ3n) is 5.03. The summed E-state index contributed by atoms with van der Waals surface area (Å²) < 4.78 is 0. The monoisotopic (exact) mass is 383 g/mol. The van der Waals surface area contributed by atoms with Crippen LogP contribution in [0, 0.1) is 13.8 Å². The lowest BCUT2D eigenvalue weighted by Crippen LogP contribution is -3.07. The lowest BCUT2D eigenvalue weighted by molar-refractivity contribution is -0.890. The van der Waals surface area contributed by atoms with Gasteiger partial charge in [-0.1, -0.05) is 24.3 Å². The highest BCUT2D eigenvalue weighted by atomic mass is 16.2. The van der Waals surface area contributed by atoms with Gasteiger partial charge in [0.1, 0.15) is 6.04 Å². The zero-order chi connectivity index (χ0) is 20.8. The highest BCUT2D eigenvalue weighted by Gasteiger charge is 2.22. The molecule has 0 radical (unpaired) electrons. The summed E-state index contributed by atoms with van der Waals surface area (Å²) in [4.78, 5) is 27.8. The van der Waals surface area contributed by atoms with Crippen LogP contribution in [-0.4, -0.2) is 46.5 Å². The third-order valence-corrected chi connectivity index (χ3v) is 5.03. The first kappa shape index (κ1) is 21.4. The maximum atomic E-state index is 12.3. The van der Waals surface area contributed by atoms with E-state index in [2.05, 4.69) is 34.9 Å². The second kappa shape index (κ2) is 9.37. The van der Waals surface area contributed by atoms with Crippen molar-refractivity contribution in [2.45, 2.75) is 19.9 Å². The molecule has 6 nitrogen and oxygen atoms in total. The van der Waals surface area contributed by atoms with Gasteiger partial charge in [0.2, 0.25) is 0 Å². The Labute approximate surface area is 167 Å². The van der Waals surface area contributed by atoms with E-state index in [0.717, 1.165) is 22.4 Å². The minimum Gasteiger partial charge on any atom is -0.378 e. The Morgan fingerprint density at radius 1 is 1.00 bits per heavy atom. The summed E-state index contributed by atoms with van der Waals surface area (Å²) >= 11 is 0. The fourth-order valence-electron chi connectivity index (χ4n) is 3.00. The second-order valence-corrected chi connectivity index (χ2v) is 7.53. The lowest BCUT2D eigenvalue weighted by atomic mass is 10.1. The molecule has 2 rings (SSSR count). The number of carbonyl (C=O) groups is 2. The Kier molecular flexibility index (Phi) is 7.18. The van der Waals surface area contributed by atoms with E-state index in [1.165, 1.54) is 4.90 Å². The summed E-state index contributed by atoms with van der Waals surface area (Å²) in [5, 5.41) is 5.47. The molecule has 2 aromatic carbocycles. The van der Waals surface area contributed by atoms with E-state index in [1.807, 2.05) is 59.1 Å². The number of nitrogens with one attached hydrogen (secondary N) is 3. The van der Waals surface area contributed by atoms with Crippen molar-refractivity contribution in [1.82, 2.24) is 5.32 Å². The maximum Gasteiger partial charge on any atom is 0.313 e. The Balaban J connectivity index is 2.01. The molecule has 0 aliphatic rings. The van der Waals surface area contributed by atoms with Crippen LogP contribution in [-0.2, 0) is 9.59 Å². The predicted molar refractivity (Wildman–Crippen MR) is 114 cm³/mol. The lowest BCUT2D eigenvalue weighted by Gasteiger charge is -2.23. The average molecular weight is 384 g/mol. The van der Waals surface area contributed by atoms with Crippen molar-refractivity contribution in [3.8, 4) is 0 Å². The Bertz CT molecular complexity index is 829. The van der Waals surface area contributed by atoms with Crippen molar-refractivity contribution >= 4 is 23.2 Å². The van der Waals surface area contributed by atoms with Gasteiger partial charge < -0.3 is 20.4 Å². The predicted octanol–water partition coefficient (Wildman–Crippen LogP) is 1.31. The summed E-state index contributed by atoms with van der Waals surface area (Å²) in [5.74, 6) is -1.28. The largest absolute Gasteiger partial charge is 0.378 e. The van der Waals surface area contributed by atoms with Gasteiger partial charge in [-0.05, 0) is 43.2 Å². The van der Waals surface area contributed by atoms with Crippen LogP contribution >= 0.6 is 0 Å². The summed E-state index contributed by atoms with van der Waals surface area (Å²) in [6.07, 6.45) is 0. The molecular formula is C22H31N4O2+. The topological polar surface area (TPSA) is 65.9 Å². The molecule has 0 saturated carbocycles. The molecular weight excluding hydrogens is 352 g/mol. The van der Waals surface area contributed by atoms with Gasteiger partial charge in [0, 0.05) is 31.0 Å². The minimum absolute atomic E-state index is 0.0497. The first-order valence-corrected chi connectivity index (χ1v) is 9.43. The van der Waals surface area contributed by atoms with Gasteiger partial charge in [0.05, 0.1) is 20.6 Å². The van der Waals surface area contributed by atoms with Crippen LogP contribution in [0.2, 0.25) is 0 Å². The van der Waals surface area contributed by atoms with Crippen LogP contribution in [0.15, 0.2) is 42.5 Å². The number of aryl methyl sites for hydroxylation is 1. The standard InChI is InChI=1S/C22H30N4O2/c1-15-8-7-9-19(16(15)2)24-22(28)21(27)23-14-20(26(5)6)17-10-12-18(13-11-17)25(3)4/h7-13,20H,14H2,1-6H3,(H,23,27)(H,24,28)/p+1/t20-/m1/s1. The van der Waals surface area contributed by atoms with E-state index in [0.29, 0.717) is 12.2 Å². The van der Waals surface area contributed by atoms with Gasteiger partial charge in [0.15, 0.2) is 0 Å². The third kappa shape index (κ3) is 5.33. The number of likely N-dealkylation sites (N-methyl/N-ethyl adjacent to an activating group) is 1. The molecule has 2 aromatic rings. The van der Waals surface area contributed by atoms with E-state index >= 15 is 0 Å². The van der Waals surface area contributed by atoms with Gasteiger partial charge in [-0.2, -0.15) is 0 Å². The number of anilines is 2. The number of hydrogen-bond acceptors (Lipinski definition) is 3. The summed E-state index contributed by atoms with van der Waals surface area (Å²) in [7, 11) is 8.07. The number of amides is 2. The van der Waals surface area contributed by atoms with Crippen molar-refractivity contribution in [3.05, 3.63) is 59.2 Å². The SMILES string of the molecule is Cc1cccc(NC(=O)C(=O)NC[C@H](c2ccc(N(C)C)cc2)[NH+](C)C)c1C. The molecule has 6 heteroatoms. The quantitative estimate of drug-likeness (QED) is 0.659. The average Bonchev–Trinajstić information content (AvgIpc) is 2.65. The molecule has 3 N–H and O–H groups in total. The number of carbonyl (C=O) groups excluding carboxylic acids is 2. The normalized spacial score (nSPS) is 11.8. The smallest absolute Gasteiger partial charge is 0.313 e. The zero-order valence-electron chi connectivity index (χ0n) is 17.6. The Morgan fingerprint density at radius 2 is 1.64 bits per heavy atom.